The predicted molar refractivity (Wildman–Crippen MR) is 102 cm³/mol. The van der Waals surface area contributed by atoms with Gasteiger partial charge in [-0.3, -0.25) is 9.59 Å². The van der Waals surface area contributed by atoms with Crippen molar-refractivity contribution in [2.24, 2.45) is 0 Å². The molecule has 0 spiro atoms. The zero-order chi connectivity index (χ0) is 18.9. The van der Waals surface area contributed by atoms with Crippen molar-refractivity contribution in [3.05, 3.63) is 48.0 Å². The lowest BCUT2D eigenvalue weighted by molar-refractivity contribution is -0.116. The van der Waals surface area contributed by atoms with Crippen molar-refractivity contribution < 1.29 is 19.1 Å². The van der Waals surface area contributed by atoms with Gasteiger partial charge in [0.05, 0.1) is 14.2 Å². The van der Waals surface area contributed by atoms with Gasteiger partial charge in [0.1, 0.15) is 0 Å². The number of hydrogen-bond acceptors (Lipinski definition) is 4. The Bertz CT molecular complexity index is 774. The molecule has 2 aromatic carbocycles. The van der Waals surface area contributed by atoms with E-state index < -0.39 is 0 Å². The van der Waals surface area contributed by atoms with E-state index in [-0.39, 0.29) is 11.8 Å². The Kier molecular flexibility index (Phi) is 7.02. The molecular formula is C20H24N2O4. The number of amides is 2. The number of hydrogen-bond donors (Lipinski definition) is 2. The van der Waals surface area contributed by atoms with Crippen LogP contribution in [0.5, 0.6) is 11.5 Å². The number of carbonyl (C=O) groups excluding carboxylic acids is 2. The lowest BCUT2D eigenvalue weighted by atomic mass is 10.1. The topological polar surface area (TPSA) is 76.7 Å². The van der Waals surface area contributed by atoms with E-state index in [9.17, 15) is 9.59 Å². The van der Waals surface area contributed by atoms with Crippen molar-refractivity contribution in [3.63, 3.8) is 0 Å². The molecule has 6 nitrogen and oxygen atoms in total. The molecule has 0 saturated carbocycles. The number of carbonyl (C=O) groups is 2. The summed E-state index contributed by atoms with van der Waals surface area (Å²) in [6, 6.07) is 12.8. The molecule has 0 aliphatic heterocycles. The second-order valence-electron chi connectivity index (χ2n) is 5.85. The molecule has 0 unspecified atom stereocenters. The van der Waals surface area contributed by atoms with E-state index >= 15 is 0 Å². The second-order valence-corrected chi connectivity index (χ2v) is 5.85. The third-order valence-corrected chi connectivity index (χ3v) is 3.78. The summed E-state index contributed by atoms with van der Waals surface area (Å²) in [6.07, 6.45) is 1.88. The quantitative estimate of drug-likeness (QED) is 0.757. The Morgan fingerprint density at radius 3 is 2.27 bits per heavy atom. The van der Waals surface area contributed by atoms with Gasteiger partial charge in [0.25, 0.3) is 0 Å². The van der Waals surface area contributed by atoms with E-state index in [1.54, 1.807) is 38.5 Å². The third-order valence-electron chi connectivity index (χ3n) is 3.78. The van der Waals surface area contributed by atoms with Crippen LogP contribution in [0.3, 0.4) is 0 Å². The van der Waals surface area contributed by atoms with Crippen LogP contribution in [-0.4, -0.2) is 26.0 Å². The highest BCUT2D eigenvalue weighted by Gasteiger charge is 2.07. The Morgan fingerprint density at radius 1 is 0.923 bits per heavy atom. The fraction of sp³-hybridized carbons (Fsp3) is 0.300. The Labute approximate surface area is 153 Å². The third kappa shape index (κ3) is 5.81. The first-order chi connectivity index (χ1) is 12.5. The number of nitrogens with one attached hydrogen (secondary N) is 2. The van der Waals surface area contributed by atoms with Crippen molar-refractivity contribution in [3.8, 4) is 11.5 Å². The molecule has 0 atom stereocenters. The summed E-state index contributed by atoms with van der Waals surface area (Å²) in [5, 5.41) is 5.54. The Hall–Kier alpha value is -3.02. The van der Waals surface area contributed by atoms with Crippen molar-refractivity contribution in [1.29, 1.82) is 0 Å². The smallest absolute Gasteiger partial charge is 0.224 e. The zero-order valence-corrected chi connectivity index (χ0v) is 15.3. The van der Waals surface area contributed by atoms with Gasteiger partial charge in [-0.05, 0) is 48.7 Å². The molecular weight excluding hydrogens is 332 g/mol. The molecule has 2 amide bonds. The van der Waals surface area contributed by atoms with Gasteiger partial charge in [-0.1, -0.05) is 12.1 Å². The highest BCUT2D eigenvalue weighted by molar-refractivity contribution is 5.93. The first-order valence-electron chi connectivity index (χ1n) is 8.40. The molecule has 0 saturated heterocycles. The number of ether oxygens (including phenoxy) is 2. The maximum Gasteiger partial charge on any atom is 0.224 e. The standard InChI is InChI=1S/C20H24N2O4/c1-14(23)21-16-7-5-8-17(13-16)22-20(24)9-4-6-15-10-11-18(25-2)19(12-15)26-3/h5,7-8,10-13H,4,6,9H2,1-3H3,(H,21,23)(H,22,24). The van der Waals surface area contributed by atoms with Gasteiger partial charge in [-0.2, -0.15) is 0 Å². The minimum atomic E-state index is -0.150. The van der Waals surface area contributed by atoms with E-state index in [0.717, 1.165) is 12.0 Å². The van der Waals surface area contributed by atoms with Gasteiger partial charge >= 0.3 is 0 Å². The maximum absolute atomic E-state index is 12.1. The molecule has 2 rings (SSSR count). The molecule has 2 aromatic rings. The normalized spacial score (nSPS) is 10.1. The number of anilines is 2. The average Bonchev–Trinajstić information content (AvgIpc) is 2.61. The summed E-state index contributed by atoms with van der Waals surface area (Å²) in [5.74, 6) is 1.16. The summed E-state index contributed by atoms with van der Waals surface area (Å²) < 4.78 is 10.5. The van der Waals surface area contributed by atoms with Gasteiger partial charge in [-0.25, -0.2) is 0 Å². The summed E-state index contributed by atoms with van der Waals surface area (Å²) in [6.45, 7) is 1.44. The molecule has 6 heteroatoms. The Balaban J connectivity index is 1.85. The zero-order valence-electron chi connectivity index (χ0n) is 15.3. The molecule has 0 aliphatic carbocycles. The first kappa shape index (κ1) is 19.3. The highest BCUT2D eigenvalue weighted by Crippen LogP contribution is 2.28. The second kappa shape index (κ2) is 9.46. The van der Waals surface area contributed by atoms with Crippen LogP contribution < -0.4 is 20.1 Å². The van der Waals surface area contributed by atoms with Crippen molar-refractivity contribution in [1.82, 2.24) is 0 Å². The fourth-order valence-corrected chi connectivity index (χ4v) is 2.59. The maximum atomic E-state index is 12.1. The molecule has 26 heavy (non-hydrogen) atoms. The van der Waals surface area contributed by atoms with Crippen LogP contribution in [0.2, 0.25) is 0 Å². The monoisotopic (exact) mass is 356 g/mol. The summed E-state index contributed by atoms with van der Waals surface area (Å²) in [5.41, 5.74) is 2.40. The van der Waals surface area contributed by atoms with E-state index in [2.05, 4.69) is 10.6 Å². The summed E-state index contributed by atoms with van der Waals surface area (Å²) in [7, 11) is 3.20. The van der Waals surface area contributed by atoms with Crippen molar-refractivity contribution in [2.75, 3.05) is 24.9 Å². The fourth-order valence-electron chi connectivity index (χ4n) is 2.59. The predicted octanol–water partition coefficient (Wildman–Crippen LogP) is 3.62. The van der Waals surface area contributed by atoms with E-state index in [0.29, 0.717) is 35.7 Å². The molecule has 0 bridgehead atoms. The van der Waals surface area contributed by atoms with Crippen LogP contribution in [0, 0.1) is 0 Å². The number of benzene rings is 2. The van der Waals surface area contributed by atoms with Gasteiger partial charge in [0.2, 0.25) is 11.8 Å². The average molecular weight is 356 g/mol. The van der Waals surface area contributed by atoms with Crippen LogP contribution in [0.4, 0.5) is 11.4 Å². The molecule has 0 aliphatic rings. The number of aryl methyl sites for hydroxylation is 1. The molecule has 138 valence electrons. The van der Waals surface area contributed by atoms with Crippen LogP contribution in [0.25, 0.3) is 0 Å². The van der Waals surface area contributed by atoms with Gasteiger partial charge in [-0.15, -0.1) is 0 Å². The van der Waals surface area contributed by atoms with Gasteiger partial charge < -0.3 is 20.1 Å². The van der Waals surface area contributed by atoms with Crippen LogP contribution in [-0.2, 0) is 16.0 Å². The lowest BCUT2D eigenvalue weighted by Crippen LogP contribution is -2.12. The largest absolute Gasteiger partial charge is 0.493 e. The number of rotatable bonds is 8. The highest BCUT2D eigenvalue weighted by atomic mass is 16.5. The molecule has 0 radical (unpaired) electrons. The molecule has 0 heterocycles. The van der Waals surface area contributed by atoms with Gasteiger partial charge in [0, 0.05) is 24.7 Å². The van der Waals surface area contributed by atoms with Gasteiger partial charge in [0.15, 0.2) is 11.5 Å². The van der Waals surface area contributed by atoms with E-state index in [1.165, 1.54) is 6.92 Å². The van der Waals surface area contributed by atoms with Crippen LogP contribution in [0.1, 0.15) is 25.3 Å². The molecule has 0 fully saturated rings. The summed E-state index contributed by atoms with van der Waals surface area (Å²) in [4.78, 5) is 23.2. The Morgan fingerprint density at radius 2 is 1.62 bits per heavy atom. The minimum absolute atomic E-state index is 0.0644. The van der Waals surface area contributed by atoms with E-state index in [1.807, 2.05) is 18.2 Å². The minimum Gasteiger partial charge on any atom is -0.493 e. The van der Waals surface area contributed by atoms with Crippen LogP contribution >= 0.6 is 0 Å². The van der Waals surface area contributed by atoms with Crippen molar-refractivity contribution in [2.45, 2.75) is 26.2 Å². The lowest BCUT2D eigenvalue weighted by Gasteiger charge is -2.10. The first-order valence-corrected chi connectivity index (χ1v) is 8.40. The van der Waals surface area contributed by atoms with E-state index in [4.69, 9.17) is 9.47 Å². The SMILES string of the molecule is COc1ccc(CCCC(=O)Nc2cccc(NC(C)=O)c2)cc1OC. The van der Waals surface area contributed by atoms with Crippen LogP contribution in [0.15, 0.2) is 42.5 Å². The number of methoxy groups -OCH3 is 2. The molecule has 2 N–H and O–H groups in total. The summed E-state index contributed by atoms with van der Waals surface area (Å²) >= 11 is 0. The molecule has 0 aromatic heterocycles. The van der Waals surface area contributed by atoms with Crippen molar-refractivity contribution >= 4 is 23.2 Å².